The number of rotatable bonds is 7. The SMILES string of the molecule is CN(CCc1ccccc1)C1CCCN(C(=O)COc2ncnc3ccccc23)C1. The van der Waals surface area contributed by atoms with E-state index in [1.165, 1.54) is 11.9 Å². The quantitative estimate of drug-likeness (QED) is 0.605. The molecule has 0 saturated carbocycles. The molecule has 6 nitrogen and oxygen atoms in total. The molecule has 1 atom stereocenters. The monoisotopic (exact) mass is 404 g/mol. The van der Waals surface area contributed by atoms with Crippen LogP contribution in [-0.4, -0.2) is 65.0 Å². The number of carbonyl (C=O) groups is 1. The first kappa shape index (κ1) is 20.3. The second kappa shape index (κ2) is 9.67. The van der Waals surface area contributed by atoms with Crippen LogP contribution in [-0.2, 0) is 11.2 Å². The lowest BCUT2D eigenvalue weighted by Crippen LogP contribution is -2.50. The summed E-state index contributed by atoms with van der Waals surface area (Å²) >= 11 is 0. The van der Waals surface area contributed by atoms with Crippen molar-refractivity contribution in [2.75, 3.05) is 33.3 Å². The highest BCUT2D eigenvalue weighted by Gasteiger charge is 2.26. The molecular formula is C24H28N4O2. The van der Waals surface area contributed by atoms with Gasteiger partial charge in [0.2, 0.25) is 5.88 Å². The fourth-order valence-electron chi connectivity index (χ4n) is 3.99. The Balaban J connectivity index is 1.30. The minimum atomic E-state index is 0.00145. The van der Waals surface area contributed by atoms with Crippen LogP contribution in [0.5, 0.6) is 5.88 Å². The number of ether oxygens (including phenoxy) is 1. The predicted molar refractivity (Wildman–Crippen MR) is 117 cm³/mol. The van der Waals surface area contributed by atoms with E-state index in [0.29, 0.717) is 11.9 Å². The third kappa shape index (κ3) is 4.94. The molecule has 0 radical (unpaired) electrons. The van der Waals surface area contributed by atoms with Gasteiger partial charge in [0.1, 0.15) is 6.33 Å². The Morgan fingerprint density at radius 2 is 1.93 bits per heavy atom. The number of para-hydroxylation sites is 1. The summed E-state index contributed by atoms with van der Waals surface area (Å²) in [5.41, 5.74) is 2.16. The topological polar surface area (TPSA) is 58.6 Å². The van der Waals surface area contributed by atoms with Crippen LogP contribution in [0.15, 0.2) is 60.9 Å². The molecule has 30 heavy (non-hydrogen) atoms. The van der Waals surface area contributed by atoms with Crippen LogP contribution in [0.4, 0.5) is 0 Å². The molecule has 0 aliphatic carbocycles. The standard InChI is InChI=1S/C24H28N4O2/c1-27(15-13-19-8-3-2-4-9-19)20-10-7-14-28(16-20)23(29)17-30-24-21-11-5-6-12-22(21)25-18-26-24/h2-6,8-9,11-12,18,20H,7,10,13-17H2,1H3. The average molecular weight is 405 g/mol. The number of benzene rings is 2. The van der Waals surface area contributed by atoms with E-state index in [1.807, 2.05) is 35.2 Å². The summed E-state index contributed by atoms with van der Waals surface area (Å²) < 4.78 is 5.78. The zero-order valence-corrected chi connectivity index (χ0v) is 17.4. The van der Waals surface area contributed by atoms with E-state index < -0.39 is 0 Å². The first-order valence-corrected chi connectivity index (χ1v) is 10.5. The van der Waals surface area contributed by atoms with Crippen LogP contribution in [0.1, 0.15) is 18.4 Å². The molecule has 1 unspecified atom stereocenters. The van der Waals surface area contributed by atoms with Crippen molar-refractivity contribution >= 4 is 16.8 Å². The minimum absolute atomic E-state index is 0.00145. The van der Waals surface area contributed by atoms with Gasteiger partial charge in [-0.2, -0.15) is 0 Å². The fourth-order valence-corrected chi connectivity index (χ4v) is 3.99. The van der Waals surface area contributed by atoms with E-state index in [9.17, 15) is 4.79 Å². The van der Waals surface area contributed by atoms with Crippen LogP contribution < -0.4 is 4.74 Å². The number of aromatic nitrogens is 2. The molecule has 2 aromatic carbocycles. The largest absolute Gasteiger partial charge is 0.467 e. The van der Waals surface area contributed by atoms with Crippen molar-refractivity contribution in [3.8, 4) is 5.88 Å². The van der Waals surface area contributed by atoms with Crippen molar-refractivity contribution in [3.63, 3.8) is 0 Å². The van der Waals surface area contributed by atoms with Crippen molar-refractivity contribution in [1.82, 2.24) is 19.8 Å². The summed E-state index contributed by atoms with van der Waals surface area (Å²) in [7, 11) is 2.16. The van der Waals surface area contributed by atoms with E-state index >= 15 is 0 Å². The first-order valence-electron chi connectivity index (χ1n) is 10.5. The third-order valence-electron chi connectivity index (χ3n) is 5.81. The lowest BCUT2D eigenvalue weighted by Gasteiger charge is -2.37. The molecule has 0 bridgehead atoms. The molecule has 1 saturated heterocycles. The van der Waals surface area contributed by atoms with Crippen LogP contribution in [0.3, 0.4) is 0 Å². The number of amides is 1. The maximum Gasteiger partial charge on any atom is 0.260 e. The van der Waals surface area contributed by atoms with Gasteiger partial charge in [0, 0.05) is 25.7 Å². The molecule has 1 aliphatic heterocycles. The second-order valence-corrected chi connectivity index (χ2v) is 7.84. The smallest absolute Gasteiger partial charge is 0.260 e. The molecule has 1 amide bonds. The maximum atomic E-state index is 12.8. The Morgan fingerprint density at radius 3 is 2.80 bits per heavy atom. The van der Waals surface area contributed by atoms with Gasteiger partial charge in [0.05, 0.1) is 10.9 Å². The van der Waals surface area contributed by atoms with Crippen LogP contribution in [0, 0.1) is 0 Å². The Hall–Kier alpha value is -2.99. The second-order valence-electron chi connectivity index (χ2n) is 7.84. The fraction of sp³-hybridized carbons (Fsp3) is 0.375. The number of hydrogen-bond donors (Lipinski definition) is 0. The van der Waals surface area contributed by atoms with E-state index in [4.69, 9.17) is 4.74 Å². The van der Waals surface area contributed by atoms with Gasteiger partial charge >= 0.3 is 0 Å². The Bertz CT molecular complexity index is 974. The van der Waals surface area contributed by atoms with Gasteiger partial charge in [0.25, 0.3) is 5.91 Å². The highest BCUT2D eigenvalue weighted by atomic mass is 16.5. The van der Waals surface area contributed by atoms with Gasteiger partial charge in [-0.3, -0.25) is 4.79 Å². The molecule has 3 aromatic rings. The summed E-state index contributed by atoms with van der Waals surface area (Å²) in [6.07, 6.45) is 4.63. The van der Waals surface area contributed by atoms with Crippen molar-refractivity contribution < 1.29 is 9.53 Å². The molecule has 1 fully saturated rings. The zero-order chi connectivity index (χ0) is 20.8. The van der Waals surface area contributed by atoms with Crippen LogP contribution in [0.25, 0.3) is 10.9 Å². The average Bonchev–Trinajstić information content (AvgIpc) is 2.81. The minimum Gasteiger partial charge on any atom is -0.467 e. The lowest BCUT2D eigenvalue weighted by molar-refractivity contribution is -0.135. The summed E-state index contributed by atoms with van der Waals surface area (Å²) in [5.74, 6) is 0.473. The Labute approximate surface area is 177 Å². The molecule has 156 valence electrons. The molecular weight excluding hydrogens is 376 g/mol. The van der Waals surface area contributed by atoms with Gasteiger partial charge < -0.3 is 14.5 Å². The van der Waals surface area contributed by atoms with Gasteiger partial charge in [-0.05, 0) is 44.0 Å². The predicted octanol–water partition coefficient (Wildman–Crippen LogP) is 3.17. The number of likely N-dealkylation sites (N-methyl/N-ethyl adjacent to an activating group) is 1. The number of nitrogens with zero attached hydrogens (tertiary/aromatic N) is 4. The third-order valence-corrected chi connectivity index (χ3v) is 5.81. The zero-order valence-electron chi connectivity index (χ0n) is 17.4. The number of piperidine rings is 1. The number of hydrogen-bond acceptors (Lipinski definition) is 5. The summed E-state index contributed by atoms with van der Waals surface area (Å²) in [4.78, 5) is 25.5. The van der Waals surface area contributed by atoms with Gasteiger partial charge in [-0.25, -0.2) is 9.97 Å². The van der Waals surface area contributed by atoms with E-state index in [-0.39, 0.29) is 12.5 Å². The molecule has 4 rings (SSSR count). The molecule has 2 heterocycles. The highest BCUT2D eigenvalue weighted by molar-refractivity contribution is 5.84. The molecule has 0 N–H and O–H groups in total. The van der Waals surface area contributed by atoms with Gasteiger partial charge in [-0.15, -0.1) is 0 Å². The van der Waals surface area contributed by atoms with Gasteiger partial charge in [-0.1, -0.05) is 42.5 Å². The van der Waals surface area contributed by atoms with Crippen LogP contribution in [0.2, 0.25) is 0 Å². The molecule has 6 heteroatoms. The number of likely N-dealkylation sites (tertiary alicyclic amines) is 1. The van der Waals surface area contributed by atoms with Crippen molar-refractivity contribution in [3.05, 3.63) is 66.5 Å². The first-order chi connectivity index (χ1) is 14.7. The Morgan fingerprint density at radius 1 is 1.13 bits per heavy atom. The van der Waals surface area contributed by atoms with E-state index in [2.05, 4.69) is 46.2 Å². The summed E-state index contributed by atoms with van der Waals surface area (Å²) in [6.45, 7) is 2.52. The number of carbonyl (C=O) groups excluding carboxylic acids is 1. The van der Waals surface area contributed by atoms with E-state index in [0.717, 1.165) is 49.8 Å². The maximum absolute atomic E-state index is 12.8. The van der Waals surface area contributed by atoms with Crippen molar-refractivity contribution in [2.45, 2.75) is 25.3 Å². The van der Waals surface area contributed by atoms with Crippen molar-refractivity contribution in [1.29, 1.82) is 0 Å². The molecule has 1 aromatic heterocycles. The number of fused-ring (bicyclic) bond motifs is 1. The summed E-state index contributed by atoms with van der Waals surface area (Å²) in [5, 5.41) is 0.824. The molecule has 1 aliphatic rings. The van der Waals surface area contributed by atoms with Gasteiger partial charge in [0.15, 0.2) is 6.61 Å². The highest BCUT2D eigenvalue weighted by Crippen LogP contribution is 2.21. The van der Waals surface area contributed by atoms with E-state index in [1.54, 1.807) is 0 Å². The van der Waals surface area contributed by atoms with Crippen molar-refractivity contribution in [2.24, 2.45) is 0 Å². The van der Waals surface area contributed by atoms with Crippen LogP contribution >= 0.6 is 0 Å². The Kier molecular flexibility index (Phi) is 6.54. The normalized spacial score (nSPS) is 16.7. The lowest BCUT2D eigenvalue weighted by atomic mass is 10.0. The summed E-state index contributed by atoms with van der Waals surface area (Å²) in [6, 6.07) is 18.6. The molecule has 0 spiro atoms.